The maximum atomic E-state index is 6.18. The van der Waals surface area contributed by atoms with Gasteiger partial charge in [0.1, 0.15) is 11.5 Å². The van der Waals surface area contributed by atoms with E-state index < -0.39 is 0 Å². The summed E-state index contributed by atoms with van der Waals surface area (Å²) >= 11 is 0. The number of nitrogens with one attached hydrogen (secondary N) is 1. The Hall–Kier alpha value is -0.800. The summed E-state index contributed by atoms with van der Waals surface area (Å²) in [7, 11) is 2.20. The second-order valence-electron chi connectivity index (χ2n) is 5.98. The van der Waals surface area contributed by atoms with Crippen molar-refractivity contribution in [2.45, 2.75) is 38.0 Å². The molecule has 0 bridgehead atoms. The molecule has 1 aromatic rings. The second-order valence-corrected chi connectivity index (χ2v) is 5.98. The van der Waals surface area contributed by atoms with E-state index >= 15 is 0 Å². The predicted molar refractivity (Wildman–Crippen MR) is 73.2 cm³/mol. The summed E-state index contributed by atoms with van der Waals surface area (Å²) in [5.41, 5.74) is 1.46. The minimum absolute atomic E-state index is 0.593. The lowest BCUT2D eigenvalue weighted by molar-refractivity contribution is 0.321. The Bertz CT molecular complexity index is 407. The standard InChI is InChI=1S/C15H24N2O/c1-11-10-17(2)7-5-14-13(11)8-15(18-14)12-4-3-6-16-9-12/h8,11-12,16H,3-7,9-10H2,1-2H3. The highest BCUT2D eigenvalue weighted by Crippen LogP contribution is 2.33. The molecule has 0 amide bonds. The van der Waals surface area contributed by atoms with E-state index in [0.29, 0.717) is 11.8 Å². The highest BCUT2D eigenvalue weighted by Gasteiger charge is 2.25. The van der Waals surface area contributed by atoms with Crippen LogP contribution in [0.15, 0.2) is 10.5 Å². The first kappa shape index (κ1) is 12.2. The zero-order chi connectivity index (χ0) is 12.5. The average molecular weight is 248 g/mol. The monoisotopic (exact) mass is 248 g/mol. The zero-order valence-corrected chi connectivity index (χ0v) is 11.5. The second kappa shape index (κ2) is 5.06. The fraction of sp³-hybridized carbons (Fsp3) is 0.733. The molecule has 2 aliphatic rings. The molecule has 1 aromatic heterocycles. The fourth-order valence-corrected chi connectivity index (χ4v) is 3.32. The molecular weight excluding hydrogens is 224 g/mol. The van der Waals surface area contributed by atoms with E-state index in [1.807, 2.05) is 0 Å². The summed E-state index contributed by atoms with van der Waals surface area (Å²) in [5, 5.41) is 3.48. The summed E-state index contributed by atoms with van der Waals surface area (Å²) in [6, 6.07) is 2.34. The lowest BCUT2D eigenvalue weighted by Gasteiger charge is -2.21. The molecule has 0 aliphatic carbocycles. The predicted octanol–water partition coefficient (Wildman–Crippen LogP) is 2.34. The van der Waals surface area contributed by atoms with Crippen molar-refractivity contribution in [3.63, 3.8) is 0 Å². The lowest BCUT2D eigenvalue weighted by atomic mass is 9.95. The van der Waals surface area contributed by atoms with Gasteiger partial charge in [0, 0.05) is 32.0 Å². The van der Waals surface area contributed by atoms with Crippen LogP contribution in [0.5, 0.6) is 0 Å². The molecule has 2 aliphatic heterocycles. The zero-order valence-electron chi connectivity index (χ0n) is 11.5. The molecule has 0 spiro atoms. The van der Waals surface area contributed by atoms with Crippen molar-refractivity contribution in [1.82, 2.24) is 10.2 Å². The van der Waals surface area contributed by atoms with Crippen LogP contribution >= 0.6 is 0 Å². The van der Waals surface area contributed by atoms with Crippen molar-refractivity contribution >= 4 is 0 Å². The smallest absolute Gasteiger partial charge is 0.108 e. The Morgan fingerprint density at radius 2 is 2.33 bits per heavy atom. The van der Waals surface area contributed by atoms with Gasteiger partial charge in [-0.15, -0.1) is 0 Å². The van der Waals surface area contributed by atoms with E-state index in [1.165, 1.54) is 29.9 Å². The van der Waals surface area contributed by atoms with Crippen LogP contribution in [0.2, 0.25) is 0 Å². The maximum Gasteiger partial charge on any atom is 0.108 e. The number of piperidine rings is 1. The number of nitrogens with zero attached hydrogens (tertiary/aromatic N) is 1. The van der Waals surface area contributed by atoms with Crippen LogP contribution in [-0.4, -0.2) is 38.1 Å². The van der Waals surface area contributed by atoms with Crippen molar-refractivity contribution in [3.8, 4) is 0 Å². The van der Waals surface area contributed by atoms with Gasteiger partial charge in [-0.1, -0.05) is 6.92 Å². The summed E-state index contributed by atoms with van der Waals surface area (Å²) < 4.78 is 6.18. The third kappa shape index (κ3) is 2.34. The fourth-order valence-electron chi connectivity index (χ4n) is 3.32. The Labute approximate surface area is 110 Å². The topological polar surface area (TPSA) is 28.4 Å². The molecule has 3 heterocycles. The highest BCUT2D eigenvalue weighted by atomic mass is 16.3. The van der Waals surface area contributed by atoms with Gasteiger partial charge in [0.15, 0.2) is 0 Å². The van der Waals surface area contributed by atoms with E-state index in [0.717, 1.165) is 32.6 Å². The van der Waals surface area contributed by atoms with Gasteiger partial charge in [-0.3, -0.25) is 0 Å². The molecule has 0 radical (unpaired) electrons. The van der Waals surface area contributed by atoms with Crippen LogP contribution in [-0.2, 0) is 6.42 Å². The van der Waals surface area contributed by atoms with Gasteiger partial charge in [-0.05, 0) is 44.0 Å². The molecule has 3 heteroatoms. The van der Waals surface area contributed by atoms with Crippen LogP contribution in [0.3, 0.4) is 0 Å². The van der Waals surface area contributed by atoms with Gasteiger partial charge >= 0.3 is 0 Å². The Morgan fingerprint density at radius 3 is 3.11 bits per heavy atom. The minimum Gasteiger partial charge on any atom is -0.465 e. The third-order valence-electron chi connectivity index (χ3n) is 4.40. The van der Waals surface area contributed by atoms with Crippen molar-refractivity contribution in [1.29, 1.82) is 0 Å². The molecule has 2 unspecified atom stereocenters. The van der Waals surface area contributed by atoms with Crippen LogP contribution in [0, 0.1) is 0 Å². The Kier molecular flexibility index (Phi) is 3.44. The SMILES string of the molecule is CC1CN(C)CCc2oc(C3CCCNC3)cc21. The molecule has 0 aromatic carbocycles. The number of hydrogen-bond donors (Lipinski definition) is 1. The molecule has 100 valence electrons. The van der Waals surface area contributed by atoms with Crippen molar-refractivity contribution in [3.05, 3.63) is 23.2 Å². The van der Waals surface area contributed by atoms with Gasteiger partial charge < -0.3 is 14.6 Å². The normalized spacial score (nSPS) is 29.9. The number of likely N-dealkylation sites (N-methyl/N-ethyl adjacent to an activating group) is 1. The molecular formula is C15H24N2O. The van der Waals surface area contributed by atoms with Crippen molar-refractivity contribution in [2.24, 2.45) is 0 Å². The van der Waals surface area contributed by atoms with Gasteiger partial charge in [-0.25, -0.2) is 0 Å². The summed E-state index contributed by atoms with van der Waals surface area (Å²) in [5.74, 6) is 3.66. The van der Waals surface area contributed by atoms with E-state index in [4.69, 9.17) is 4.42 Å². The first-order valence-corrected chi connectivity index (χ1v) is 7.26. The first-order chi connectivity index (χ1) is 8.74. The minimum atomic E-state index is 0.593. The Balaban J connectivity index is 1.83. The van der Waals surface area contributed by atoms with E-state index in [-0.39, 0.29) is 0 Å². The van der Waals surface area contributed by atoms with Crippen LogP contribution in [0.25, 0.3) is 0 Å². The van der Waals surface area contributed by atoms with Crippen molar-refractivity contribution in [2.75, 3.05) is 33.2 Å². The molecule has 1 N–H and O–H groups in total. The number of rotatable bonds is 1. The van der Waals surface area contributed by atoms with Crippen LogP contribution in [0.1, 0.15) is 48.7 Å². The summed E-state index contributed by atoms with van der Waals surface area (Å²) in [6.45, 7) is 6.83. The maximum absolute atomic E-state index is 6.18. The summed E-state index contributed by atoms with van der Waals surface area (Å²) in [4.78, 5) is 2.40. The first-order valence-electron chi connectivity index (χ1n) is 7.26. The number of hydrogen-bond acceptors (Lipinski definition) is 3. The Morgan fingerprint density at radius 1 is 1.44 bits per heavy atom. The number of fused-ring (bicyclic) bond motifs is 1. The molecule has 18 heavy (non-hydrogen) atoms. The van der Waals surface area contributed by atoms with Gasteiger partial charge in [0.05, 0.1) is 0 Å². The van der Waals surface area contributed by atoms with Crippen molar-refractivity contribution < 1.29 is 4.42 Å². The molecule has 2 atom stereocenters. The molecule has 1 saturated heterocycles. The molecule has 3 nitrogen and oxygen atoms in total. The van der Waals surface area contributed by atoms with E-state index in [1.54, 1.807) is 0 Å². The molecule has 3 rings (SSSR count). The third-order valence-corrected chi connectivity index (χ3v) is 4.40. The van der Waals surface area contributed by atoms with Gasteiger partial charge in [-0.2, -0.15) is 0 Å². The van der Waals surface area contributed by atoms with Gasteiger partial charge in [0.2, 0.25) is 0 Å². The van der Waals surface area contributed by atoms with Crippen LogP contribution < -0.4 is 5.32 Å². The van der Waals surface area contributed by atoms with E-state index in [2.05, 4.69) is 30.3 Å². The lowest BCUT2D eigenvalue weighted by Crippen LogP contribution is -2.28. The molecule has 1 fully saturated rings. The summed E-state index contributed by atoms with van der Waals surface area (Å²) in [6.07, 6.45) is 3.61. The van der Waals surface area contributed by atoms with Gasteiger partial charge in [0.25, 0.3) is 0 Å². The quantitative estimate of drug-likeness (QED) is 0.827. The molecule has 0 saturated carbocycles. The highest BCUT2D eigenvalue weighted by molar-refractivity contribution is 5.29. The largest absolute Gasteiger partial charge is 0.465 e. The number of furan rings is 1. The van der Waals surface area contributed by atoms with Crippen LogP contribution in [0.4, 0.5) is 0 Å². The average Bonchev–Trinajstić information content (AvgIpc) is 2.76. The van der Waals surface area contributed by atoms with E-state index in [9.17, 15) is 0 Å².